The topological polar surface area (TPSA) is 68.5 Å². The monoisotopic (exact) mass is 419 g/mol. The Bertz CT molecular complexity index is 1170. The molecule has 3 aromatic rings. The lowest BCUT2D eigenvalue weighted by Crippen LogP contribution is -2.19. The van der Waals surface area contributed by atoms with Crippen LogP contribution in [0, 0.1) is 24.4 Å². The number of benzene rings is 2. The summed E-state index contributed by atoms with van der Waals surface area (Å²) in [5.41, 5.74) is -0.00817. The number of rotatable bonds is 4. The van der Waals surface area contributed by atoms with E-state index in [2.05, 4.69) is 0 Å². The van der Waals surface area contributed by atoms with Crippen LogP contribution in [0.3, 0.4) is 0 Å². The molecule has 1 N–H and O–H groups in total. The Balaban J connectivity index is 2.32. The lowest BCUT2D eigenvalue weighted by Gasteiger charge is -2.15. The highest BCUT2D eigenvalue weighted by Gasteiger charge is 2.31. The molecule has 3 rings (SSSR count). The Kier molecular flexibility index (Phi) is 5.61. The highest BCUT2D eigenvalue weighted by Crippen LogP contribution is 2.39. The largest absolute Gasteiger partial charge is 0.503 e. The number of carbonyl (C=O) groups excluding carboxylic acids is 2. The van der Waals surface area contributed by atoms with Crippen LogP contribution in [0.25, 0.3) is 10.9 Å². The van der Waals surface area contributed by atoms with Crippen molar-refractivity contribution in [2.24, 2.45) is 0 Å². The third-order valence-corrected chi connectivity index (χ3v) is 4.82. The average molecular weight is 419 g/mol. The van der Waals surface area contributed by atoms with Gasteiger partial charge in [-0.2, -0.15) is 0 Å². The normalized spacial score (nSPS) is 12.4. The van der Waals surface area contributed by atoms with E-state index >= 15 is 0 Å². The van der Waals surface area contributed by atoms with E-state index in [0.29, 0.717) is 0 Å². The Hall–Kier alpha value is -3.29. The van der Waals surface area contributed by atoms with E-state index in [-0.39, 0.29) is 27.7 Å². The number of nitrogens with zero attached hydrogens (tertiary/aromatic N) is 1. The van der Waals surface area contributed by atoms with Crippen molar-refractivity contribution in [2.75, 3.05) is 0 Å². The zero-order chi connectivity index (χ0) is 22.3. The zero-order valence-electron chi connectivity index (χ0n) is 16.8. The summed E-state index contributed by atoms with van der Waals surface area (Å²) in [6.07, 6.45) is -0.432. The van der Waals surface area contributed by atoms with Gasteiger partial charge in [0.25, 0.3) is 5.91 Å². The smallest absolute Gasteiger partial charge is 0.313 e. The van der Waals surface area contributed by atoms with Crippen molar-refractivity contribution < 1.29 is 32.6 Å². The number of hydrogen-bond donors (Lipinski definition) is 1. The molecule has 2 aromatic carbocycles. The highest BCUT2D eigenvalue weighted by atomic mass is 19.1. The second kappa shape index (κ2) is 7.85. The number of aromatic hydroxyl groups is 1. The molecule has 0 bridgehead atoms. The van der Waals surface area contributed by atoms with Gasteiger partial charge in [-0.05, 0) is 51.5 Å². The molecule has 0 fully saturated rings. The van der Waals surface area contributed by atoms with Gasteiger partial charge in [-0.3, -0.25) is 14.2 Å². The first-order valence-electron chi connectivity index (χ1n) is 9.27. The van der Waals surface area contributed by atoms with Crippen LogP contribution in [0.1, 0.15) is 48.3 Å². The molecule has 1 aromatic heterocycles. The average Bonchev–Trinajstić information content (AvgIpc) is 2.96. The summed E-state index contributed by atoms with van der Waals surface area (Å²) >= 11 is 0. The number of hydrogen-bond acceptors (Lipinski definition) is 4. The molecule has 1 atom stereocenters. The molecule has 5 nitrogen and oxygen atoms in total. The third kappa shape index (κ3) is 3.53. The summed E-state index contributed by atoms with van der Waals surface area (Å²) < 4.78 is 48.8. The lowest BCUT2D eigenvalue weighted by molar-refractivity contribution is -0.148. The van der Waals surface area contributed by atoms with Crippen LogP contribution in [0.5, 0.6) is 5.75 Å². The van der Waals surface area contributed by atoms with Gasteiger partial charge in [0, 0.05) is 22.7 Å². The number of ether oxygens (including phenoxy) is 1. The van der Waals surface area contributed by atoms with Crippen LogP contribution in [0.2, 0.25) is 0 Å². The van der Waals surface area contributed by atoms with Crippen molar-refractivity contribution >= 4 is 22.8 Å². The van der Waals surface area contributed by atoms with E-state index in [1.165, 1.54) is 26.0 Å². The maximum Gasteiger partial charge on any atom is 0.313 e. The summed E-state index contributed by atoms with van der Waals surface area (Å²) in [5.74, 6) is -6.86. The fourth-order valence-corrected chi connectivity index (χ4v) is 3.51. The quantitative estimate of drug-likeness (QED) is 0.616. The second-order valence-corrected chi connectivity index (χ2v) is 7.27. The van der Waals surface area contributed by atoms with Crippen LogP contribution in [0.4, 0.5) is 13.2 Å². The van der Waals surface area contributed by atoms with Gasteiger partial charge in [-0.1, -0.05) is 6.07 Å². The molecule has 0 aliphatic rings. The van der Waals surface area contributed by atoms with Crippen molar-refractivity contribution in [3.63, 3.8) is 0 Å². The first-order valence-corrected chi connectivity index (χ1v) is 9.27. The number of fused-ring (bicyclic) bond motifs is 1. The fraction of sp³-hybridized carbons (Fsp3) is 0.273. The second-order valence-electron chi connectivity index (χ2n) is 7.27. The number of esters is 1. The predicted octanol–water partition coefficient (Wildman–Crippen LogP) is 4.82. The van der Waals surface area contributed by atoms with E-state index in [9.17, 15) is 27.9 Å². The Morgan fingerprint density at radius 3 is 2.37 bits per heavy atom. The number of aromatic nitrogens is 1. The molecular formula is C22H20F3NO4. The van der Waals surface area contributed by atoms with Crippen LogP contribution in [-0.4, -0.2) is 27.7 Å². The maximum atomic E-state index is 14.9. The first kappa shape index (κ1) is 21.4. The van der Waals surface area contributed by atoms with E-state index in [1.54, 1.807) is 13.8 Å². The van der Waals surface area contributed by atoms with Crippen LogP contribution < -0.4 is 0 Å². The Morgan fingerprint density at radius 2 is 1.77 bits per heavy atom. The molecule has 8 heteroatoms. The SMILES string of the molecule is Cc1c([C@H](C)C(=O)OC(C)C)c2c(F)c(O)c(F)cc2n1C(=O)c1cccc(F)c1. The van der Waals surface area contributed by atoms with Gasteiger partial charge in [-0.25, -0.2) is 13.2 Å². The minimum Gasteiger partial charge on any atom is -0.503 e. The minimum atomic E-state index is -1.29. The molecule has 0 spiro atoms. The van der Waals surface area contributed by atoms with Crippen molar-refractivity contribution in [1.82, 2.24) is 4.57 Å². The molecule has 0 aliphatic carbocycles. The number of phenolic OH excluding ortho intramolecular Hbond substituents is 1. The molecule has 0 aliphatic heterocycles. The molecular weight excluding hydrogens is 399 g/mol. The van der Waals surface area contributed by atoms with E-state index in [4.69, 9.17) is 4.74 Å². The number of phenols is 1. The van der Waals surface area contributed by atoms with Crippen LogP contribution >= 0.6 is 0 Å². The minimum absolute atomic E-state index is 0.0483. The number of halogens is 3. The van der Waals surface area contributed by atoms with Crippen LogP contribution in [-0.2, 0) is 9.53 Å². The molecule has 0 unspecified atom stereocenters. The number of carbonyl (C=O) groups is 2. The van der Waals surface area contributed by atoms with Gasteiger partial charge >= 0.3 is 5.97 Å². The summed E-state index contributed by atoms with van der Waals surface area (Å²) in [5, 5.41) is 9.50. The summed E-state index contributed by atoms with van der Waals surface area (Å²) in [7, 11) is 0. The third-order valence-electron chi connectivity index (χ3n) is 4.82. The van der Waals surface area contributed by atoms with Gasteiger partial charge in [0.15, 0.2) is 17.4 Å². The molecule has 30 heavy (non-hydrogen) atoms. The van der Waals surface area contributed by atoms with Gasteiger partial charge < -0.3 is 9.84 Å². The molecule has 0 amide bonds. The first-order chi connectivity index (χ1) is 14.0. The summed E-state index contributed by atoms with van der Waals surface area (Å²) in [4.78, 5) is 25.6. The van der Waals surface area contributed by atoms with Gasteiger partial charge in [0.2, 0.25) is 0 Å². The van der Waals surface area contributed by atoms with Gasteiger partial charge in [-0.15, -0.1) is 0 Å². The molecule has 0 saturated heterocycles. The van der Waals surface area contributed by atoms with Crippen molar-refractivity contribution in [3.8, 4) is 5.75 Å². The predicted molar refractivity (Wildman–Crippen MR) is 104 cm³/mol. The van der Waals surface area contributed by atoms with Crippen molar-refractivity contribution in [3.05, 3.63) is 64.6 Å². The Labute approximate surface area is 170 Å². The van der Waals surface area contributed by atoms with Gasteiger partial charge in [0.05, 0.1) is 17.5 Å². The van der Waals surface area contributed by atoms with Crippen LogP contribution in [0.15, 0.2) is 30.3 Å². The Morgan fingerprint density at radius 1 is 1.10 bits per heavy atom. The maximum absolute atomic E-state index is 14.9. The molecule has 158 valence electrons. The lowest BCUT2D eigenvalue weighted by atomic mass is 9.97. The zero-order valence-corrected chi connectivity index (χ0v) is 16.8. The summed E-state index contributed by atoms with van der Waals surface area (Å²) in [6.45, 7) is 6.22. The molecule has 0 saturated carbocycles. The van der Waals surface area contributed by atoms with Crippen molar-refractivity contribution in [2.45, 2.75) is 39.7 Å². The standard InChI is InChI=1S/C22H20F3NO4/c1-10(2)30-22(29)11(3)17-12(4)26(21(28)13-6-5-7-14(23)8-13)16-9-15(24)20(27)19(25)18(16)17/h5-11,27H,1-4H3/t11-/m0/s1. The van der Waals surface area contributed by atoms with E-state index in [1.807, 2.05) is 0 Å². The van der Waals surface area contributed by atoms with Crippen molar-refractivity contribution in [1.29, 1.82) is 0 Å². The van der Waals surface area contributed by atoms with Gasteiger partial charge in [0.1, 0.15) is 5.82 Å². The molecule has 1 heterocycles. The summed E-state index contributed by atoms with van der Waals surface area (Å²) in [6, 6.07) is 5.66. The highest BCUT2D eigenvalue weighted by molar-refractivity contribution is 6.05. The van der Waals surface area contributed by atoms with E-state index < -0.39 is 47.1 Å². The molecule has 0 radical (unpaired) electrons. The van der Waals surface area contributed by atoms with E-state index in [0.717, 1.165) is 22.8 Å². The fourth-order valence-electron chi connectivity index (χ4n) is 3.51.